The number of hydrogen-bond donors (Lipinski definition) is 1. The van der Waals surface area contributed by atoms with Gasteiger partial charge in [0.25, 0.3) is 0 Å². The minimum atomic E-state index is 0.272. The molecule has 0 saturated carbocycles. The molecule has 2 amide bonds. The number of piperidine rings is 2. The monoisotopic (exact) mass is 267 g/mol. The van der Waals surface area contributed by atoms with Crippen LogP contribution in [0, 0.1) is 11.8 Å². The molecule has 2 fully saturated rings. The van der Waals surface area contributed by atoms with Gasteiger partial charge < -0.3 is 15.1 Å². The normalized spacial score (nSPS) is 32.5. The number of nitrogens with one attached hydrogen (secondary N) is 1. The van der Waals surface area contributed by atoms with Gasteiger partial charge in [0.1, 0.15) is 0 Å². The quantitative estimate of drug-likeness (QED) is 0.832. The van der Waals surface area contributed by atoms with Crippen molar-refractivity contribution in [2.24, 2.45) is 11.8 Å². The van der Waals surface area contributed by atoms with Crippen molar-refractivity contribution < 1.29 is 4.79 Å². The summed E-state index contributed by atoms with van der Waals surface area (Å²) in [5.74, 6) is 1.22. The number of urea groups is 1. The van der Waals surface area contributed by atoms with Crippen LogP contribution in [0.3, 0.4) is 0 Å². The third kappa shape index (κ3) is 3.62. The summed E-state index contributed by atoms with van der Waals surface area (Å²) in [6, 6.07) is 0.850. The first-order valence-electron chi connectivity index (χ1n) is 7.89. The highest BCUT2D eigenvalue weighted by Crippen LogP contribution is 2.21. The van der Waals surface area contributed by atoms with Crippen LogP contribution in [0.1, 0.15) is 40.0 Å². The summed E-state index contributed by atoms with van der Waals surface area (Å²) >= 11 is 0. The van der Waals surface area contributed by atoms with Gasteiger partial charge in [-0.1, -0.05) is 20.8 Å². The van der Waals surface area contributed by atoms with Crippen LogP contribution in [0.5, 0.6) is 0 Å². The Morgan fingerprint density at radius 2 is 1.89 bits per heavy atom. The average molecular weight is 267 g/mol. The average Bonchev–Trinajstić information content (AvgIpc) is 2.40. The van der Waals surface area contributed by atoms with Crippen LogP contribution in [-0.2, 0) is 0 Å². The fraction of sp³-hybridized carbons (Fsp3) is 0.933. The molecule has 4 nitrogen and oxygen atoms in total. The fourth-order valence-corrected chi connectivity index (χ4v) is 3.45. The van der Waals surface area contributed by atoms with Crippen molar-refractivity contribution in [3.05, 3.63) is 0 Å². The molecule has 2 aliphatic rings. The summed E-state index contributed by atoms with van der Waals surface area (Å²) in [6.07, 6.45) is 3.52. The Morgan fingerprint density at radius 3 is 2.53 bits per heavy atom. The Bertz CT molecular complexity index is 308. The van der Waals surface area contributed by atoms with E-state index in [0.717, 1.165) is 45.6 Å². The van der Waals surface area contributed by atoms with E-state index >= 15 is 0 Å². The number of rotatable bonds is 2. The van der Waals surface area contributed by atoms with Gasteiger partial charge >= 0.3 is 6.03 Å². The first-order chi connectivity index (χ1) is 9.11. The SMILES string of the molecule is CCNC1CCN(C(=O)N2CCCC(C)C2)CC1C. The van der Waals surface area contributed by atoms with Crippen molar-refractivity contribution in [1.82, 2.24) is 15.1 Å². The number of carbonyl (C=O) groups excluding carboxylic acids is 1. The second-order valence-electron chi connectivity index (χ2n) is 6.35. The Morgan fingerprint density at radius 1 is 1.16 bits per heavy atom. The Balaban J connectivity index is 1.87. The molecule has 3 unspecified atom stereocenters. The molecule has 2 heterocycles. The highest BCUT2D eigenvalue weighted by Gasteiger charge is 2.31. The number of carbonyl (C=O) groups is 1. The van der Waals surface area contributed by atoms with E-state index in [0.29, 0.717) is 17.9 Å². The predicted molar refractivity (Wildman–Crippen MR) is 78.2 cm³/mol. The zero-order chi connectivity index (χ0) is 13.8. The molecule has 19 heavy (non-hydrogen) atoms. The van der Waals surface area contributed by atoms with Crippen molar-refractivity contribution in [3.8, 4) is 0 Å². The van der Waals surface area contributed by atoms with Gasteiger partial charge in [0.05, 0.1) is 0 Å². The largest absolute Gasteiger partial charge is 0.324 e. The van der Waals surface area contributed by atoms with E-state index in [1.807, 2.05) is 0 Å². The lowest BCUT2D eigenvalue weighted by molar-refractivity contribution is 0.104. The smallest absolute Gasteiger partial charge is 0.320 e. The summed E-state index contributed by atoms with van der Waals surface area (Å²) in [5.41, 5.74) is 0. The van der Waals surface area contributed by atoms with Gasteiger partial charge in [0.15, 0.2) is 0 Å². The van der Waals surface area contributed by atoms with Gasteiger partial charge in [-0.15, -0.1) is 0 Å². The van der Waals surface area contributed by atoms with E-state index in [1.54, 1.807) is 0 Å². The summed E-state index contributed by atoms with van der Waals surface area (Å²) in [5, 5.41) is 3.53. The molecule has 0 bridgehead atoms. The zero-order valence-electron chi connectivity index (χ0n) is 12.7. The van der Waals surface area contributed by atoms with E-state index < -0.39 is 0 Å². The fourth-order valence-electron chi connectivity index (χ4n) is 3.45. The molecular formula is C15H29N3O. The molecule has 1 N–H and O–H groups in total. The van der Waals surface area contributed by atoms with Crippen LogP contribution < -0.4 is 5.32 Å². The molecule has 0 spiro atoms. The van der Waals surface area contributed by atoms with E-state index in [1.165, 1.54) is 6.42 Å². The molecule has 2 saturated heterocycles. The highest BCUT2D eigenvalue weighted by molar-refractivity contribution is 5.74. The standard InChI is InChI=1S/C15H29N3O/c1-4-16-14-7-9-18(11-13(14)3)15(19)17-8-5-6-12(2)10-17/h12-14,16H,4-11H2,1-3H3. The van der Waals surface area contributed by atoms with Crippen LogP contribution in [0.15, 0.2) is 0 Å². The highest BCUT2D eigenvalue weighted by atomic mass is 16.2. The van der Waals surface area contributed by atoms with E-state index in [9.17, 15) is 4.79 Å². The summed E-state index contributed by atoms with van der Waals surface area (Å²) in [7, 11) is 0. The molecule has 4 heteroatoms. The molecular weight excluding hydrogens is 238 g/mol. The van der Waals surface area contributed by atoms with Crippen LogP contribution in [0.4, 0.5) is 4.79 Å². The van der Waals surface area contributed by atoms with Crippen molar-refractivity contribution >= 4 is 6.03 Å². The van der Waals surface area contributed by atoms with Crippen molar-refractivity contribution in [1.29, 1.82) is 0 Å². The maximum atomic E-state index is 12.5. The van der Waals surface area contributed by atoms with Crippen LogP contribution in [0.25, 0.3) is 0 Å². The van der Waals surface area contributed by atoms with Gasteiger partial charge in [-0.3, -0.25) is 0 Å². The lowest BCUT2D eigenvalue weighted by Gasteiger charge is -2.41. The summed E-state index contributed by atoms with van der Waals surface area (Å²) in [6.45, 7) is 11.4. The second kappa shape index (κ2) is 6.60. The molecule has 0 aromatic carbocycles. The van der Waals surface area contributed by atoms with Crippen molar-refractivity contribution in [3.63, 3.8) is 0 Å². The van der Waals surface area contributed by atoms with Crippen molar-refractivity contribution in [2.75, 3.05) is 32.7 Å². The van der Waals surface area contributed by atoms with Gasteiger partial charge in [-0.2, -0.15) is 0 Å². The van der Waals surface area contributed by atoms with Crippen LogP contribution in [0.2, 0.25) is 0 Å². The van der Waals surface area contributed by atoms with E-state index in [-0.39, 0.29) is 6.03 Å². The topological polar surface area (TPSA) is 35.6 Å². The molecule has 110 valence electrons. The van der Waals surface area contributed by atoms with Gasteiger partial charge in [-0.25, -0.2) is 4.79 Å². The third-order valence-electron chi connectivity index (χ3n) is 4.57. The van der Waals surface area contributed by atoms with Gasteiger partial charge in [0.2, 0.25) is 0 Å². The minimum Gasteiger partial charge on any atom is -0.324 e. The number of amides is 2. The molecule has 2 aliphatic heterocycles. The molecule has 2 rings (SSSR count). The minimum absolute atomic E-state index is 0.272. The number of hydrogen-bond acceptors (Lipinski definition) is 2. The first kappa shape index (κ1) is 14.6. The molecule has 3 atom stereocenters. The Hall–Kier alpha value is -0.770. The van der Waals surface area contributed by atoms with Crippen LogP contribution >= 0.6 is 0 Å². The maximum absolute atomic E-state index is 12.5. The zero-order valence-corrected chi connectivity index (χ0v) is 12.7. The summed E-state index contributed by atoms with van der Waals surface area (Å²) < 4.78 is 0. The second-order valence-corrected chi connectivity index (χ2v) is 6.35. The first-order valence-corrected chi connectivity index (χ1v) is 7.89. The van der Waals surface area contributed by atoms with Gasteiger partial charge in [-0.05, 0) is 37.6 Å². The lowest BCUT2D eigenvalue weighted by Crippen LogP contribution is -2.54. The molecule has 0 aliphatic carbocycles. The maximum Gasteiger partial charge on any atom is 0.320 e. The van der Waals surface area contributed by atoms with Crippen molar-refractivity contribution in [2.45, 2.75) is 46.1 Å². The predicted octanol–water partition coefficient (Wildman–Crippen LogP) is 2.16. The molecule has 0 aromatic rings. The third-order valence-corrected chi connectivity index (χ3v) is 4.57. The van der Waals surface area contributed by atoms with E-state index in [4.69, 9.17) is 0 Å². The number of nitrogens with zero attached hydrogens (tertiary/aromatic N) is 2. The Labute approximate surface area is 117 Å². The van der Waals surface area contributed by atoms with Gasteiger partial charge in [0, 0.05) is 32.2 Å². The van der Waals surface area contributed by atoms with Crippen LogP contribution in [-0.4, -0.2) is 54.6 Å². The van der Waals surface area contributed by atoms with E-state index in [2.05, 4.69) is 35.9 Å². The molecule has 0 radical (unpaired) electrons. The summed E-state index contributed by atoms with van der Waals surface area (Å²) in [4.78, 5) is 16.7. The number of likely N-dealkylation sites (tertiary alicyclic amines) is 2. The lowest BCUT2D eigenvalue weighted by atomic mass is 9.94. The Kier molecular flexibility index (Phi) is 5.08. The molecule has 0 aromatic heterocycles.